The van der Waals surface area contributed by atoms with Crippen LogP contribution in [0.2, 0.25) is 0 Å². The molecule has 0 spiro atoms. The molecular formula is C12H17N3O4. The molecule has 0 fully saturated rings. The van der Waals surface area contributed by atoms with Crippen LogP contribution in [0.5, 0.6) is 0 Å². The monoisotopic (exact) mass is 267 g/mol. The van der Waals surface area contributed by atoms with E-state index in [0.29, 0.717) is 36.7 Å². The number of aliphatic hydroxyl groups excluding tert-OH is 2. The number of carbonyl (C=O) groups excluding carboxylic acids is 1. The second-order valence-electron chi connectivity index (χ2n) is 3.65. The Kier molecular flexibility index (Phi) is 6.62. The number of aromatic nitrogens is 3. The predicted molar refractivity (Wildman–Crippen MR) is 66.3 cm³/mol. The maximum atomic E-state index is 10.9. The zero-order chi connectivity index (χ0) is 14.1. The molecule has 0 radical (unpaired) electrons. The first-order valence-corrected chi connectivity index (χ1v) is 5.93. The minimum Gasteiger partial charge on any atom is -0.462 e. The molecule has 7 nitrogen and oxygen atoms in total. The zero-order valence-electron chi connectivity index (χ0n) is 10.6. The second kappa shape index (κ2) is 8.28. The van der Waals surface area contributed by atoms with Crippen LogP contribution < -0.4 is 0 Å². The van der Waals surface area contributed by atoms with Crippen LogP contribution in [-0.4, -0.2) is 51.0 Å². The molecule has 0 aromatic carbocycles. The Labute approximate surface area is 111 Å². The van der Waals surface area contributed by atoms with Crippen LogP contribution in [0.4, 0.5) is 0 Å². The van der Waals surface area contributed by atoms with Crippen molar-refractivity contribution in [3.8, 4) is 0 Å². The largest absolute Gasteiger partial charge is 0.462 e. The van der Waals surface area contributed by atoms with Gasteiger partial charge in [-0.3, -0.25) is 0 Å². The van der Waals surface area contributed by atoms with Crippen molar-refractivity contribution in [3.63, 3.8) is 0 Å². The summed E-state index contributed by atoms with van der Waals surface area (Å²) in [6.07, 6.45) is 2.07. The van der Waals surface area contributed by atoms with Crippen LogP contribution in [0.15, 0.2) is 12.7 Å². The molecule has 104 valence electrons. The summed E-state index contributed by atoms with van der Waals surface area (Å²) in [4.78, 5) is 23.3. The molecule has 1 heterocycles. The minimum atomic E-state index is -0.500. The third-order valence-electron chi connectivity index (χ3n) is 2.18. The fourth-order valence-electron chi connectivity index (χ4n) is 1.36. The molecule has 19 heavy (non-hydrogen) atoms. The van der Waals surface area contributed by atoms with Gasteiger partial charge in [-0.2, -0.15) is 0 Å². The van der Waals surface area contributed by atoms with Gasteiger partial charge in [0.05, 0.1) is 19.8 Å². The van der Waals surface area contributed by atoms with Gasteiger partial charge in [0.25, 0.3) is 0 Å². The summed E-state index contributed by atoms with van der Waals surface area (Å²) in [5.41, 5.74) is 0. The molecule has 1 aromatic rings. The summed E-state index contributed by atoms with van der Waals surface area (Å²) < 4.78 is 4.84. The molecule has 1 rings (SSSR count). The number of hydrogen-bond donors (Lipinski definition) is 2. The Morgan fingerprint density at radius 3 is 1.95 bits per heavy atom. The first-order valence-electron chi connectivity index (χ1n) is 5.93. The third-order valence-corrected chi connectivity index (χ3v) is 2.18. The van der Waals surface area contributed by atoms with Crippen LogP contribution in [-0.2, 0) is 28.8 Å². The summed E-state index contributed by atoms with van der Waals surface area (Å²) in [5.74, 6) is 0.899. The highest BCUT2D eigenvalue weighted by molar-refractivity contribution is 5.81. The molecule has 0 saturated carbocycles. The standard InChI is InChI=1S/C12H17N3O4/c1-2-12(18)19-8-5-11-14-9(3-6-16)13-10(15-11)4-7-17/h2,16-17H,1,3-8H2. The van der Waals surface area contributed by atoms with Gasteiger partial charge < -0.3 is 14.9 Å². The van der Waals surface area contributed by atoms with Crippen molar-refractivity contribution in [2.24, 2.45) is 0 Å². The molecule has 1 aromatic heterocycles. The van der Waals surface area contributed by atoms with Gasteiger partial charge in [0.15, 0.2) is 0 Å². The van der Waals surface area contributed by atoms with E-state index in [2.05, 4.69) is 21.5 Å². The Balaban J connectivity index is 2.69. The summed E-state index contributed by atoms with van der Waals surface area (Å²) in [6.45, 7) is 3.31. The molecule has 0 amide bonds. The lowest BCUT2D eigenvalue weighted by Gasteiger charge is -2.06. The van der Waals surface area contributed by atoms with Crippen molar-refractivity contribution in [1.82, 2.24) is 15.0 Å². The van der Waals surface area contributed by atoms with E-state index in [1.54, 1.807) is 0 Å². The average Bonchev–Trinajstić information content (AvgIpc) is 2.39. The Hall–Kier alpha value is -1.86. The molecule has 0 aliphatic carbocycles. The second-order valence-corrected chi connectivity index (χ2v) is 3.65. The Morgan fingerprint density at radius 1 is 1.05 bits per heavy atom. The number of ether oxygens (including phenoxy) is 1. The number of carbonyl (C=O) groups is 1. The van der Waals surface area contributed by atoms with Crippen LogP contribution >= 0.6 is 0 Å². The van der Waals surface area contributed by atoms with Crippen molar-refractivity contribution >= 4 is 5.97 Å². The molecule has 0 aliphatic rings. The van der Waals surface area contributed by atoms with Gasteiger partial charge in [0, 0.05) is 25.3 Å². The Bertz CT molecular complexity index is 413. The molecule has 7 heteroatoms. The summed E-state index contributed by atoms with van der Waals surface area (Å²) in [5, 5.41) is 17.8. The average molecular weight is 267 g/mol. The van der Waals surface area contributed by atoms with E-state index in [1.165, 1.54) is 0 Å². The lowest BCUT2D eigenvalue weighted by atomic mass is 10.3. The van der Waals surface area contributed by atoms with Crippen molar-refractivity contribution in [2.45, 2.75) is 19.3 Å². The Morgan fingerprint density at radius 2 is 1.53 bits per heavy atom. The summed E-state index contributed by atoms with van der Waals surface area (Å²) in [7, 11) is 0. The van der Waals surface area contributed by atoms with Gasteiger partial charge in [-0.25, -0.2) is 19.7 Å². The predicted octanol–water partition coefficient (Wildman–Crippen LogP) is -0.787. The molecule has 0 bridgehead atoms. The highest BCUT2D eigenvalue weighted by Crippen LogP contribution is 2.00. The van der Waals surface area contributed by atoms with Gasteiger partial charge >= 0.3 is 5.97 Å². The highest BCUT2D eigenvalue weighted by atomic mass is 16.5. The van der Waals surface area contributed by atoms with Crippen molar-refractivity contribution in [2.75, 3.05) is 19.8 Å². The van der Waals surface area contributed by atoms with Gasteiger partial charge in [-0.1, -0.05) is 6.58 Å². The third kappa shape index (κ3) is 5.54. The van der Waals surface area contributed by atoms with E-state index in [-0.39, 0.29) is 19.8 Å². The fourth-order valence-corrected chi connectivity index (χ4v) is 1.36. The summed E-state index contributed by atoms with van der Waals surface area (Å²) in [6, 6.07) is 0. The lowest BCUT2D eigenvalue weighted by molar-refractivity contribution is -0.137. The number of aliphatic hydroxyl groups is 2. The molecule has 0 saturated heterocycles. The van der Waals surface area contributed by atoms with Crippen molar-refractivity contribution in [3.05, 3.63) is 30.1 Å². The van der Waals surface area contributed by atoms with E-state index in [0.717, 1.165) is 6.08 Å². The normalized spacial score (nSPS) is 10.2. The van der Waals surface area contributed by atoms with Crippen LogP contribution in [0.1, 0.15) is 17.5 Å². The number of esters is 1. The molecular weight excluding hydrogens is 250 g/mol. The maximum Gasteiger partial charge on any atom is 0.330 e. The smallest absolute Gasteiger partial charge is 0.330 e. The van der Waals surface area contributed by atoms with E-state index >= 15 is 0 Å². The molecule has 2 N–H and O–H groups in total. The lowest BCUT2D eigenvalue weighted by Crippen LogP contribution is -2.13. The van der Waals surface area contributed by atoms with Crippen molar-refractivity contribution in [1.29, 1.82) is 0 Å². The minimum absolute atomic E-state index is 0.0620. The van der Waals surface area contributed by atoms with Gasteiger partial charge in [-0.05, 0) is 0 Å². The first kappa shape index (κ1) is 15.2. The van der Waals surface area contributed by atoms with Crippen LogP contribution in [0.3, 0.4) is 0 Å². The van der Waals surface area contributed by atoms with Gasteiger partial charge in [0.1, 0.15) is 17.5 Å². The molecule has 0 unspecified atom stereocenters. The number of rotatable bonds is 8. The SMILES string of the molecule is C=CC(=O)OCCc1nc(CCO)nc(CCO)n1. The van der Waals surface area contributed by atoms with Crippen LogP contribution in [0.25, 0.3) is 0 Å². The van der Waals surface area contributed by atoms with Crippen molar-refractivity contribution < 1.29 is 19.7 Å². The zero-order valence-corrected chi connectivity index (χ0v) is 10.6. The topological polar surface area (TPSA) is 105 Å². The van der Waals surface area contributed by atoms with Gasteiger partial charge in [0.2, 0.25) is 0 Å². The fraction of sp³-hybridized carbons (Fsp3) is 0.500. The van der Waals surface area contributed by atoms with E-state index in [9.17, 15) is 4.79 Å². The quantitative estimate of drug-likeness (QED) is 0.470. The number of nitrogens with zero attached hydrogens (tertiary/aromatic N) is 3. The van der Waals surface area contributed by atoms with Crippen LogP contribution in [0, 0.1) is 0 Å². The van der Waals surface area contributed by atoms with E-state index in [4.69, 9.17) is 14.9 Å². The van der Waals surface area contributed by atoms with E-state index < -0.39 is 5.97 Å². The number of hydrogen-bond acceptors (Lipinski definition) is 7. The molecule has 0 atom stereocenters. The molecule has 0 aliphatic heterocycles. The summed E-state index contributed by atoms with van der Waals surface area (Å²) >= 11 is 0. The first-order chi connectivity index (χ1) is 9.19. The van der Waals surface area contributed by atoms with Gasteiger partial charge in [-0.15, -0.1) is 0 Å². The van der Waals surface area contributed by atoms with E-state index in [1.807, 2.05) is 0 Å². The maximum absolute atomic E-state index is 10.9. The highest BCUT2D eigenvalue weighted by Gasteiger charge is 2.07.